The summed E-state index contributed by atoms with van der Waals surface area (Å²) in [7, 11) is 0. The summed E-state index contributed by atoms with van der Waals surface area (Å²) < 4.78 is 0. The number of carbonyl (C=O) groups is 2. The molecule has 1 fully saturated rings. The first-order valence-corrected chi connectivity index (χ1v) is 7.86. The largest absolute Gasteiger partial charge is 0.340 e. The first-order chi connectivity index (χ1) is 9.44. The topological polar surface area (TPSA) is 62.3 Å². The second kappa shape index (κ2) is 5.52. The standard InChI is InChI=1S/C14H21N3O2S/c1-5-10(12-15-7-8-20-12)17-9(3)11(18)16-14(4,6-2)13(17)19/h7-10H,5-6H2,1-4H3,(H,16,18). The van der Waals surface area contributed by atoms with Gasteiger partial charge in [0.25, 0.3) is 0 Å². The van der Waals surface area contributed by atoms with Gasteiger partial charge in [-0.25, -0.2) is 4.98 Å². The average Bonchev–Trinajstić information content (AvgIpc) is 2.95. The zero-order valence-corrected chi connectivity index (χ0v) is 13.2. The van der Waals surface area contributed by atoms with Crippen LogP contribution in [0.25, 0.3) is 0 Å². The normalized spacial score (nSPS) is 28.4. The van der Waals surface area contributed by atoms with Gasteiger partial charge in [-0.05, 0) is 26.7 Å². The summed E-state index contributed by atoms with van der Waals surface area (Å²) in [5, 5.41) is 5.64. The van der Waals surface area contributed by atoms with Crippen molar-refractivity contribution in [3.05, 3.63) is 16.6 Å². The molecule has 2 rings (SSSR count). The monoisotopic (exact) mass is 295 g/mol. The van der Waals surface area contributed by atoms with Gasteiger partial charge in [-0.15, -0.1) is 11.3 Å². The Morgan fingerprint density at radius 3 is 2.70 bits per heavy atom. The van der Waals surface area contributed by atoms with Crippen LogP contribution in [0.3, 0.4) is 0 Å². The Morgan fingerprint density at radius 1 is 1.50 bits per heavy atom. The lowest BCUT2D eigenvalue weighted by molar-refractivity contribution is -0.157. The summed E-state index contributed by atoms with van der Waals surface area (Å²) >= 11 is 1.53. The molecule has 1 aromatic rings. The maximum atomic E-state index is 12.8. The molecule has 1 aliphatic heterocycles. The number of rotatable bonds is 4. The minimum Gasteiger partial charge on any atom is -0.340 e. The SMILES string of the molecule is CCC(c1nccs1)N1C(=O)C(C)(CC)NC(=O)C1C. The number of thiazole rings is 1. The van der Waals surface area contributed by atoms with Crippen LogP contribution in [0.15, 0.2) is 11.6 Å². The van der Waals surface area contributed by atoms with E-state index in [0.717, 1.165) is 11.4 Å². The number of carbonyl (C=O) groups excluding carboxylic acids is 2. The minimum atomic E-state index is -0.811. The third-order valence-corrected chi connectivity index (χ3v) is 4.95. The van der Waals surface area contributed by atoms with E-state index in [4.69, 9.17) is 0 Å². The lowest BCUT2D eigenvalue weighted by Gasteiger charge is -2.45. The number of hydrogen-bond donors (Lipinski definition) is 1. The second-order valence-electron chi connectivity index (χ2n) is 5.36. The van der Waals surface area contributed by atoms with Crippen LogP contribution < -0.4 is 5.32 Å². The van der Waals surface area contributed by atoms with E-state index in [9.17, 15) is 9.59 Å². The van der Waals surface area contributed by atoms with E-state index in [1.54, 1.807) is 24.9 Å². The number of aromatic nitrogens is 1. The Hall–Kier alpha value is -1.43. The number of piperazine rings is 1. The second-order valence-corrected chi connectivity index (χ2v) is 6.28. The van der Waals surface area contributed by atoms with Crippen molar-refractivity contribution >= 4 is 23.2 Å². The van der Waals surface area contributed by atoms with E-state index in [1.165, 1.54) is 11.3 Å². The third-order valence-electron chi connectivity index (χ3n) is 4.07. The Bertz CT molecular complexity index is 503. The molecule has 0 spiro atoms. The molecular formula is C14H21N3O2S. The van der Waals surface area contributed by atoms with Gasteiger partial charge in [0.2, 0.25) is 11.8 Å². The van der Waals surface area contributed by atoms with Gasteiger partial charge in [-0.1, -0.05) is 13.8 Å². The maximum Gasteiger partial charge on any atom is 0.249 e. The van der Waals surface area contributed by atoms with Crippen molar-refractivity contribution in [1.82, 2.24) is 15.2 Å². The van der Waals surface area contributed by atoms with E-state index < -0.39 is 11.6 Å². The van der Waals surface area contributed by atoms with Gasteiger partial charge >= 0.3 is 0 Å². The molecule has 0 aliphatic carbocycles. The molecule has 1 aliphatic rings. The molecule has 3 atom stereocenters. The van der Waals surface area contributed by atoms with Crippen molar-refractivity contribution in [1.29, 1.82) is 0 Å². The molecule has 110 valence electrons. The van der Waals surface area contributed by atoms with Crippen LogP contribution in [0, 0.1) is 0 Å². The molecule has 3 unspecified atom stereocenters. The molecule has 1 N–H and O–H groups in total. The van der Waals surface area contributed by atoms with Gasteiger partial charge in [0, 0.05) is 11.6 Å². The van der Waals surface area contributed by atoms with Crippen LogP contribution >= 0.6 is 11.3 Å². The lowest BCUT2D eigenvalue weighted by Crippen LogP contribution is -2.68. The van der Waals surface area contributed by atoms with Crippen LogP contribution in [0.1, 0.15) is 51.6 Å². The quantitative estimate of drug-likeness (QED) is 0.925. The van der Waals surface area contributed by atoms with Crippen LogP contribution in [-0.2, 0) is 9.59 Å². The summed E-state index contributed by atoms with van der Waals surface area (Å²) in [6, 6.07) is -0.592. The summed E-state index contributed by atoms with van der Waals surface area (Å²) in [6.45, 7) is 7.50. The van der Waals surface area contributed by atoms with Crippen LogP contribution in [0.2, 0.25) is 0 Å². The summed E-state index contributed by atoms with van der Waals surface area (Å²) in [4.78, 5) is 31.0. The van der Waals surface area contributed by atoms with E-state index in [0.29, 0.717) is 6.42 Å². The molecule has 0 radical (unpaired) electrons. The molecule has 1 saturated heterocycles. The predicted molar refractivity (Wildman–Crippen MR) is 78.3 cm³/mol. The molecule has 20 heavy (non-hydrogen) atoms. The highest BCUT2D eigenvalue weighted by Gasteiger charge is 2.48. The number of amides is 2. The van der Waals surface area contributed by atoms with Gasteiger partial charge < -0.3 is 10.2 Å². The van der Waals surface area contributed by atoms with Crippen LogP contribution in [0.4, 0.5) is 0 Å². The van der Waals surface area contributed by atoms with E-state index >= 15 is 0 Å². The molecule has 2 amide bonds. The third kappa shape index (κ3) is 2.32. The molecule has 0 aromatic carbocycles. The maximum absolute atomic E-state index is 12.8. The van der Waals surface area contributed by atoms with Crippen LogP contribution in [-0.4, -0.2) is 33.3 Å². The Labute approximate surface area is 123 Å². The predicted octanol–water partition coefficient (Wildman–Crippen LogP) is 2.11. The van der Waals surface area contributed by atoms with Crippen molar-refractivity contribution in [2.45, 2.75) is 58.2 Å². The number of nitrogens with one attached hydrogen (secondary N) is 1. The van der Waals surface area contributed by atoms with E-state index in [1.807, 2.05) is 19.2 Å². The minimum absolute atomic E-state index is 0.0193. The zero-order valence-electron chi connectivity index (χ0n) is 12.3. The highest BCUT2D eigenvalue weighted by Crippen LogP contribution is 2.33. The number of nitrogens with zero attached hydrogens (tertiary/aromatic N) is 2. The highest BCUT2D eigenvalue weighted by atomic mass is 32.1. The van der Waals surface area contributed by atoms with Gasteiger partial charge in [0.05, 0.1) is 6.04 Å². The first kappa shape index (κ1) is 15.0. The summed E-state index contributed by atoms with van der Waals surface area (Å²) in [5.41, 5.74) is -0.811. The Kier molecular flexibility index (Phi) is 4.13. The van der Waals surface area contributed by atoms with Crippen molar-refractivity contribution in [3.63, 3.8) is 0 Å². The Balaban J connectivity index is 2.40. The van der Waals surface area contributed by atoms with E-state index in [2.05, 4.69) is 10.3 Å². The van der Waals surface area contributed by atoms with Gasteiger partial charge in [-0.3, -0.25) is 9.59 Å². The van der Waals surface area contributed by atoms with E-state index in [-0.39, 0.29) is 17.9 Å². The number of hydrogen-bond acceptors (Lipinski definition) is 4. The summed E-state index contributed by atoms with van der Waals surface area (Å²) in [6.07, 6.45) is 3.06. The molecule has 0 bridgehead atoms. The smallest absolute Gasteiger partial charge is 0.249 e. The lowest BCUT2D eigenvalue weighted by atomic mass is 9.90. The van der Waals surface area contributed by atoms with Gasteiger partial charge in [-0.2, -0.15) is 0 Å². The zero-order chi connectivity index (χ0) is 14.9. The molecule has 5 nitrogen and oxygen atoms in total. The van der Waals surface area contributed by atoms with Crippen LogP contribution in [0.5, 0.6) is 0 Å². The first-order valence-electron chi connectivity index (χ1n) is 6.98. The molecule has 0 saturated carbocycles. The molecule has 6 heteroatoms. The fourth-order valence-corrected chi connectivity index (χ4v) is 3.38. The van der Waals surface area contributed by atoms with Crippen molar-refractivity contribution in [2.24, 2.45) is 0 Å². The molecular weight excluding hydrogens is 274 g/mol. The molecule has 1 aromatic heterocycles. The Morgan fingerprint density at radius 2 is 2.20 bits per heavy atom. The molecule has 2 heterocycles. The fraction of sp³-hybridized carbons (Fsp3) is 0.643. The summed E-state index contributed by atoms with van der Waals surface area (Å²) in [5.74, 6) is -0.113. The highest BCUT2D eigenvalue weighted by molar-refractivity contribution is 7.09. The van der Waals surface area contributed by atoms with Gasteiger partial charge in [0.15, 0.2) is 0 Å². The van der Waals surface area contributed by atoms with Crippen molar-refractivity contribution < 1.29 is 9.59 Å². The van der Waals surface area contributed by atoms with Crippen molar-refractivity contribution in [2.75, 3.05) is 0 Å². The fourth-order valence-electron chi connectivity index (χ4n) is 2.56. The average molecular weight is 295 g/mol. The van der Waals surface area contributed by atoms with Gasteiger partial charge in [0.1, 0.15) is 16.6 Å². The van der Waals surface area contributed by atoms with Crippen molar-refractivity contribution in [3.8, 4) is 0 Å².